The summed E-state index contributed by atoms with van der Waals surface area (Å²) in [5.74, 6) is 0.538. The molecule has 3 aliphatic heterocycles. The van der Waals surface area contributed by atoms with Crippen LogP contribution in [0, 0.1) is 0 Å². The molecule has 0 spiro atoms. The smallest absolute Gasteiger partial charge is 0.332 e. The van der Waals surface area contributed by atoms with Crippen LogP contribution in [0.3, 0.4) is 0 Å². The summed E-state index contributed by atoms with van der Waals surface area (Å²) >= 11 is 1.74. The van der Waals surface area contributed by atoms with Crippen LogP contribution in [0.5, 0.6) is 0 Å². The maximum Gasteiger partial charge on any atom is 0.332 e. The minimum Gasteiger partial charge on any atom is -0.375 e. The molecule has 3 aromatic carbocycles. The molecule has 6 rings (SSSR count). The van der Waals surface area contributed by atoms with Gasteiger partial charge in [0.2, 0.25) is 5.91 Å². The molecule has 3 heterocycles. The molecule has 41 heavy (non-hydrogen) atoms. The zero-order valence-corrected chi connectivity index (χ0v) is 23.8. The van der Waals surface area contributed by atoms with E-state index in [9.17, 15) is 14.4 Å². The Bertz CT molecular complexity index is 1420. The van der Waals surface area contributed by atoms with Crippen molar-refractivity contribution in [2.45, 2.75) is 43.5 Å². The molecule has 212 valence electrons. The number of urea groups is 1. The first kappa shape index (κ1) is 27.2. The topological polar surface area (TPSA) is 88.2 Å². The van der Waals surface area contributed by atoms with E-state index in [4.69, 9.17) is 0 Å². The summed E-state index contributed by atoms with van der Waals surface area (Å²) in [6.45, 7) is 3.63. The number of fused-ring (bicyclic) bond motifs is 2. The van der Waals surface area contributed by atoms with Crippen molar-refractivity contribution in [3.63, 3.8) is 0 Å². The zero-order valence-electron chi connectivity index (χ0n) is 23.0. The molecule has 0 saturated carbocycles. The van der Waals surface area contributed by atoms with Crippen molar-refractivity contribution in [2.75, 3.05) is 30.8 Å². The first-order chi connectivity index (χ1) is 20.0. The molecular weight excluding hydrogens is 536 g/mol. The lowest BCUT2D eigenvalue weighted by atomic mass is 10.00. The molecule has 9 nitrogen and oxygen atoms in total. The summed E-state index contributed by atoms with van der Waals surface area (Å²) in [4.78, 5) is 46.0. The Labute approximate surface area is 244 Å². The molecule has 10 heteroatoms. The highest BCUT2D eigenvalue weighted by atomic mass is 32.2. The van der Waals surface area contributed by atoms with Gasteiger partial charge in [0.1, 0.15) is 12.2 Å². The van der Waals surface area contributed by atoms with E-state index >= 15 is 0 Å². The van der Waals surface area contributed by atoms with Gasteiger partial charge in [-0.15, -0.1) is 11.8 Å². The summed E-state index contributed by atoms with van der Waals surface area (Å²) in [5.41, 5.74) is 3.93. The van der Waals surface area contributed by atoms with E-state index in [1.54, 1.807) is 21.7 Å². The molecule has 0 bridgehead atoms. The number of amides is 4. The van der Waals surface area contributed by atoms with Crippen LogP contribution in [0.4, 0.5) is 10.5 Å². The number of hydrogen-bond acceptors (Lipinski definition) is 6. The molecule has 2 saturated heterocycles. The van der Waals surface area contributed by atoms with Gasteiger partial charge in [-0.25, -0.2) is 4.79 Å². The fraction of sp³-hybridized carbons (Fsp3) is 0.323. The predicted molar refractivity (Wildman–Crippen MR) is 158 cm³/mol. The quantitative estimate of drug-likeness (QED) is 0.421. The zero-order chi connectivity index (χ0) is 28.3. The number of hydrazine groups is 1. The van der Waals surface area contributed by atoms with Crippen molar-refractivity contribution in [2.24, 2.45) is 0 Å². The summed E-state index contributed by atoms with van der Waals surface area (Å²) < 4.78 is 0. The molecule has 2 fully saturated rings. The predicted octanol–water partition coefficient (Wildman–Crippen LogP) is 4.25. The number of anilines is 1. The molecular formula is C31H34N6O3S. The van der Waals surface area contributed by atoms with E-state index in [2.05, 4.69) is 22.8 Å². The standard InChI is InChI=1S/C31H34N6O3S/c1-2-16-35(31(40)32-17-22-10-5-3-6-11-22)36-20-27(38)37-26(36)19-34(30(39)28(37)23-12-7-4-8-13-23)18-24-14-9-15-25-29(24)41-21-33-25/h3-15,26,28,33H,2,16-21H2,1H3,(H,32,40)/t26-,28+/m1/s1. The molecule has 2 N–H and O–H groups in total. The van der Waals surface area contributed by atoms with E-state index < -0.39 is 12.2 Å². The van der Waals surface area contributed by atoms with E-state index in [0.717, 1.165) is 39.6 Å². The highest BCUT2D eigenvalue weighted by molar-refractivity contribution is 8.00. The second-order valence-electron chi connectivity index (χ2n) is 10.4. The van der Waals surface area contributed by atoms with Gasteiger partial charge >= 0.3 is 6.03 Å². The van der Waals surface area contributed by atoms with E-state index in [-0.39, 0.29) is 24.4 Å². The van der Waals surface area contributed by atoms with E-state index in [0.29, 0.717) is 26.2 Å². The lowest BCUT2D eigenvalue weighted by Crippen LogP contribution is -2.62. The number of rotatable bonds is 8. The maximum absolute atomic E-state index is 14.1. The van der Waals surface area contributed by atoms with Crippen molar-refractivity contribution >= 4 is 35.3 Å². The number of carbonyl (C=O) groups is 3. The lowest BCUT2D eigenvalue weighted by molar-refractivity contribution is -0.158. The Balaban J connectivity index is 1.31. The average molecular weight is 571 g/mol. The van der Waals surface area contributed by atoms with Crippen molar-refractivity contribution in [3.8, 4) is 0 Å². The fourth-order valence-electron chi connectivity index (χ4n) is 5.87. The number of piperazine rings is 1. The monoisotopic (exact) mass is 570 g/mol. The Hall–Kier alpha value is -4.02. The van der Waals surface area contributed by atoms with Crippen LogP contribution < -0.4 is 10.6 Å². The van der Waals surface area contributed by atoms with Gasteiger partial charge < -0.3 is 20.4 Å². The van der Waals surface area contributed by atoms with E-state index in [1.165, 1.54) is 0 Å². The maximum atomic E-state index is 14.1. The third kappa shape index (κ3) is 5.37. The summed E-state index contributed by atoms with van der Waals surface area (Å²) in [6.07, 6.45) is 0.253. The van der Waals surface area contributed by atoms with Gasteiger partial charge in [-0.1, -0.05) is 79.7 Å². The van der Waals surface area contributed by atoms with Crippen LogP contribution in [0.2, 0.25) is 0 Å². The molecule has 4 amide bonds. The average Bonchev–Trinajstić information content (AvgIpc) is 3.61. The highest BCUT2D eigenvalue weighted by Gasteiger charge is 2.52. The largest absolute Gasteiger partial charge is 0.375 e. The van der Waals surface area contributed by atoms with Crippen molar-refractivity contribution in [3.05, 3.63) is 95.6 Å². The van der Waals surface area contributed by atoms with Gasteiger partial charge in [0.05, 0.1) is 19.0 Å². The highest BCUT2D eigenvalue weighted by Crippen LogP contribution is 2.40. The van der Waals surface area contributed by atoms with Crippen LogP contribution in [0.1, 0.15) is 36.1 Å². The van der Waals surface area contributed by atoms with Gasteiger partial charge in [-0.3, -0.25) is 14.6 Å². The van der Waals surface area contributed by atoms with Crippen molar-refractivity contribution in [1.82, 2.24) is 25.1 Å². The number of nitrogens with one attached hydrogen (secondary N) is 2. The number of benzene rings is 3. The molecule has 3 aromatic rings. The van der Waals surface area contributed by atoms with Gasteiger partial charge in [-0.2, -0.15) is 5.01 Å². The van der Waals surface area contributed by atoms with Crippen LogP contribution in [-0.4, -0.2) is 69.3 Å². The minimum atomic E-state index is -0.758. The third-order valence-corrected chi connectivity index (χ3v) is 8.84. The van der Waals surface area contributed by atoms with E-state index in [1.807, 2.05) is 83.6 Å². The number of hydrogen-bond donors (Lipinski definition) is 2. The molecule has 0 aliphatic carbocycles. The van der Waals surface area contributed by atoms with Gasteiger partial charge in [-0.05, 0) is 29.2 Å². The van der Waals surface area contributed by atoms with Gasteiger partial charge in [0, 0.05) is 30.2 Å². The number of nitrogens with zero attached hydrogens (tertiary/aromatic N) is 4. The first-order valence-corrected chi connectivity index (χ1v) is 15.0. The molecule has 0 aromatic heterocycles. The normalized spacial score (nSPS) is 20.0. The SMILES string of the molecule is CCCN(C(=O)NCc1ccccc1)N1CC(=O)N2[C@@H](c3ccccc3)C(=O)N(Cc3cccc4c3SCN4)C[C@@H]21. The Morgan fingerprint density at radius 3 is 2.54 bits per heavy atom. The Morgan fingerprint density at radius 1 is 1.02 bits per heavy atom. The molecule has 2 atom stereocenters. The third-order valence-electron chi connectivity index (χ3n) is 7.78. The minimum absolute atomic E-state index is 0.0361. The van der Waals surface area contributed by atoms with Crippen molar-refractivity contribution in [1.29, 1.82) is 0 Å². The van der Waals surface area contributed by atoms with Gasteiger partial charge in [0.25, 0.3) is 5.91 Å². The first-order valence-electron chi connectivity index (χ1n) is 14.0. The fourth-order valence-corrected chi connectivity index (χ4v) is 6.86. The Kier molecular flexibility index (Phi) is 7.84. The van der Waals surface area contributed by atoms with Crippen LogP contribution in [0.25, 0.3) is 0 Å². The van der Waals surface area contributed by atoms with Crippen LogP contribution in [-0.2, 0) is 22.7 Å². The molecule has 3 aliphatic rings. The second-order valence-corrected chi connectivity index (χ2v) is 11.4. The Morgan fingerprint density at radius 2 is 1.78 bits per heavy atom. The summed E-state index contributed by atoms with van der Waals surface area (Å²) in [6, 6.07) is 24.4. The number of carbonyl (C=O) groups excluding carboxylic acids is 3. The summed E-state index contributed by atoms with van der Waals surface area (Å²) in [5, 5.41) is 9.92. The molecule has 0 unspecified atom stereocenters. The lowest BCUT2D eigenvalue weighted by Gasteiger charge is -2.46. The van der Waals surface area contributed by atoms with Crippen LogP contribution in [0.15, 0.2) is 83.8 Å². The molecule has 0 radical (unpaired) electrons. The second kappa shape index (κ2) is 11.8. The van der Waals surface area contributed by atoms with Gasteiger partial charge in [0.15, 0.2) is 0 Å². The number of thioether (sulfide) groups is 1. The van der Waals surface area contributed by atoms with Crippen molar-refractivity contribution < 1.29 is 14.4 Å². The van der Waals surface area contributed by atoms with Crippen LogP contribution >= 0.6 is 11.8 Å². The summed E-state index contributed by atoms with van der Waals surface area (Å²) in [7, 11) is 0.